The molecule has 4 rings (SSSR count). The number of aromatic nitrogens is 1. The van der Waals surface area contributed by atoms with Gasteiger partial charge in [-0.2, -0.15) is 0 Å². The third-order valence-corrected chi connectivity index (χ3v) is 14.8. The number of nitrogens with zero attached hydrogens (tertiary/aromatic N) is 4. The third kappa shape index (κ3) is 23.4. The monoisotopic (exact) mass is 1330 g/mol. The maximum Gasteiger partial charge on any atom is 0.245 e. The van der Waals surface area contributed by atoms with Crippen molar-refractivity contribution in [3.05, 3.63) is 28.4 Å². The number of phenols is 1. The summed E-state index contributed by atoms with van der Waals surface area (Å²) >= 11 is 0. The summed E-state index contributed by atoms with van der Waals surface area (Å²) in [5.41, 5.74) is 15.6. The van der Waals surface area contributed by atoms with Crippen molar-refractivity contribution in [3.63, 3.8) is 0 Å². The lowest BCUT2D eigenvalue weighted by Gasteiger charge is -2.34. The molecule has 10 unspecified atom stereocenters. The van der Waals surface area contributed by atoms with Crippen LogP contribution in [0.4, 0.5) is 11.5 Å². The number of anilines is 2. The number of hydrogen-bond acceptors (Lipinski definition) is 23. The minimum Gasteiger partial charge on any atom is -0.504 e. The largest absolute Gasteiger partial charge is 0.504 e. The van der Waals surface area contributed by atoms with E-state index in [9.17, 15) is 103 Å². The van der Waals surface area contributed by atoms with Gasteiger partial charge in [-0.25, -0.2) is 10.1 Å². The number of guanidine groups is 1. The second-order valence-corrected chi connectivity index (χ2v) is 22.1. The molecule has 24 N–H and O–H groups in total. The number of aliphatic imine (C=N–C) groups is 1. The zero-order valence-corrected chi connectivity index (χ0v) is 51.5. The lowest BCUT2D eigenvalue weighted by molar-refractivity contribution is -0.150. The van der Waals surface area contributed by atoms with Gasteiger partial charge in [0, 0.05) is 57.2 Å². The fraction of sp³-hybridized carbons (Fsp3) is 0.582. The number of fused-ring (bicyclic) bond motifs is 3. The molecule has 0 saturated carbocycles. The minimum absolute atomic E-state index is 0.0271. The SMILES string of the molecule is CC(O)C1NC(=O)C(CCCN(O)C=O)NC(=O)C(NC(=O)C(CCCN(O)C=O)NC(=O)C(CO)NC(=O)C(CCCN=C(N)N)NC(=O)C(CO)NC(=O)[C@@H]2CCNc3c(NC(=O)CCC(N)=O)cc4cc(O)c(=O)cc-4n32)CCCCNC(=O)C(C(C)O)NC1=O. The minimum atomic E-state index is -1.96. The van der Waals surface area contributed by atoms with E-state index in [4.69, 9.17) is 17.2 Å². The number of nitrogens with one attached hydrogen (secondary N) is 11. The van der Waals surface area contributed by atoms with Gasteiger partial charge >= 0.3 is 0 Å². The first-order valence-electron chi connectivity index (χ1n) is 29.9. The molecule has 1 saturated heterocycles. The average Bonchev–Trinajstić information content (AvgIpc) is 0.751. The summed E-state index contributed by atoms with van der Waals surface area (Å²) in [5, 5.41) is 99.7. The molecule has 3 heterocycles. The number of phenolic OH excluding ortho intramolecular Hbond substituents is 1. The number of amides is 13. The number of nitrogens with two attached hydrogens (primary N) is 3. The van der Waals surface area contributed by atoms with E-state index in [0.29, 0.717) is 0 Å². The molecule has 0 radical (unpaired) electrons. The molecule has 0 aromatic carbocycles. The predicted molar refractivity (Wildman–Crippen MR) is 326 cm³/mol. The molecule has 11 atom stereocenters. The Balaban J connectivity index is 1.63. The molecule has 0 spiro atoms. The third-order valence-electron chi connectivity index (χ3n) is 14.8. The number of benzene rings is 1. The first-order valence-corrected chi connectivity index (χ1v) is 29.9. The standard InChI is InChI=1S/C55H84N18O21/c1-27(78)43-53(91)60-15-4-3-8-30(46(84)64-33(11-7-19-72(94)26-77)49(87)69-44(28(2)79)54(92)70-43)63-47(85)32(10-6-18-71(93)25-76)66-50(88)35(23-74)67-48(86)31(9-5-16-61-55(57)58)65-51(89)36(24-75)68-52(90)37-14-17-59-45-34(62-42(83)13-12-41(56)82)20-29-21-39(80)40(81)22-38(29)73(37)45/h20-22,25-28,30-33,35-37,43-44,59,74-75,78-80,93-94H,3-19,23-24H2,1-2H3,(H2,56,82)(H,60,91)(H,62,83)(H,63,85)(H,64,84)(H,65,89)(H,66,88)(H,67,86)(H,68,90)(H,69,87)(H,70,92)(H4,57,58,61)/t27?,28?,30?,31?,32?,33?,35?,36?,37-,43?,44?/m0/s1. The second-order valence-electron chi connectivity index (χ2n) is 22.1. The normalized spacial score (nSPS) is 19.7. The molecule has 94 heavy (non-hydrogen) atoms. The van der Waals surface area contributed by atoms with E-state index in [1.54, 1.807) is 0 Å². The maximum atomic E-state index is 14.4. The van der Waals surface area contributed by atoms with Crippen LogP contribution in [0.15, 0.2) is 28.0 Å². The fourth-order valence-electron chi connectivity index (χ4n) is 9.84. The average molecular weight is 1330 g/mol. The number of carbonyl (C=O) groups is 13. The summed E-state index contributed by atoms with van der Waals surface area (Å²) in [4.78, 5) is 189. The topological polar surface area (TPSA) is 615 Å². The number of carbonyl (C=O) groups excluding carboxylic acids is 13. The Kier molecular flexibility index (Phi) is 30.7. The summed E-state index contributed by atoms with van der Waals surface area (Å²) in [6, 6.07) is -11.7. The van der Waals surface area contributed by atoms with Gasteiger partial charge in [0.2, 0.25) is 83.2 Å². The van der Waals surface area contributed by atoms with E-state index in [0.717, 1.165) is 19.1 Å². The highest BCUT2D eigenvalue weighted by atomic mass is 16.5. The van der Waals surface area contributed by atoms with Crippen molar-refractivity contribution in [2.24, 2.45) is 22.2 Å². The molecule has 3 aliphatic heterocycles. The molecule has 4 aliphatic rings. The second kappa shape index (κ2) is 37.6. The fourth-order valence-corrected chi connectivity index (χ4v) is 9.84. The van der Waals surface area contributed by atoms with Crippen molar-refractivity contribution in [2.75, 3.05) is 56.6 Å². The van der Waals surface area contributed by atoms with Gasteiger partial charge in [0.05, 0.1) is 36.8 Å². The van der Waals surface area contributed by atoms with E-state index in [1.165, 1.54) is 17.6 Å². The van der Waals surface area contributed by atoms with E-state index in [-0.39, 0.29) is 148 Å². The highest BCUT2D eigenvalue weighted by Gasteiger charge is 2.38. The summed E-state index contributed by atoms with van der Waals surface area (Å²) < 4.78 is 1.32. The van der Waals surface area contributed by atoms with Crippen LogP contribution in [0.3, 0.4) is 0 Å². The van der Waals surface area contributed by atoms with Crippen LogP contribution in [-0.2, 0) is 62.3 Å². The van der Waals surface area contributed by atoms with Gasteiger partial charge in [-0.15, -0.1) is 0 Å². The van der Waals surface area contributed by atoms with Crippen molar-refractivity contribution >= 4 is 95.3 Å². The molecular weight excluding hydrogens is 1250 g/mol. The first-order chi connectivity index (χ1) is 44.5. The number of aliphatic hydroxyl groups is 4. The summed E-state index contributed by atoms with van der Waals surface area (Å²) in [6.45, 7) is -0.962. The van der Waals surface area contributed by atoms with E-state index in [1.807, 2.05) is 0 Å². The Hall–Kier alpha value is -9.83. The number of aromatic hydroxyl groups is 1. The van der Waals surface area contributed by atoms with Crippen LogP contribution in [0.2, 0.25) is 0 Å². The van der Waals surface area contributed by atoms with E-state index >= 15 is 0 Å². The van der Waals surface area contributed by atoms with Gasteiger partial charge in [0.1, 0.15) is 60.2 Å². The molecule has 13 amide bonds. The number of hydroxylamine groups is 4. The van der Waals surface area contributed by atoms with Crippen molar-refractivity contribution in [2.45, 2.75) is 157 Å². The molecule has 1 aliphatic carbocycles. The van der Waals surface area contributed by atoms with E-state index < -0.39 is 169 Å². The van der Waals surface area contributed by atoms with Crippen LogP contribution < -0.4 is 81.1 Å². The molecule has 0 bridgehead atoms. The van der Waals surface area contributed by atoms with Crippen LogP contribution in [-0.4, -0.2) is 241 Å². The van der Waals surface area contributed by atoms with Crippen molar-refractivity contribution < 1.29 is 98.3 Å². The Morgan fingerprint density at radius 1 is 0.681 bits per heavy atom. The summed E-state index contributed by atoms with van der Waals surface area (Å²) in [6.07, 6.45) is -5.44. The van der Waals surface area contributed by atoms with Gasteiger partial charge in [0.25, 0.3) is 0 Å². The number of primary amides is 1. The molecule has 0 aromatic rings. The van der Waals surface area contributed by atoms with Gasteiger partial charge < -0.3 is 106 Å². The number of aliphatic hydroxyl groups excluding tert-OH is 4. The molecule has 1 fully saturated rings. The van der Waals surface area contributed by atoms with Gasteiger partial charge in [-0.3, -0.25) is 82.5 Å². The lowest BCUT2D eigenvalue weighted by atomic mass is 10.0. The molecule has 0 aromatic heterocycles. The zero-order chi connectivity index (χ0) is 69.9. The Morgan fingerprint density at radius 3 is 1.86 bits per heavy atom. The first kappa shape index (κ1) is 76.6. The molecular formula is C55H84N18O21. The molecule has 520 valence electrons. The quantitative estimate of drug-likeness (QED) is 0.00808. The Bertz CT molecular complexity index is 3090. The summed E-state index contributed by atoms with van der Waals surface area (Å²) in [5.74, 6) is -12.2. The maximum absolute atomic E-state index is 14.4. The highest BCUT2D eigenvalue weighted by molar-refractivity contribution is 6.00. The zero-order valence-electron chi connectivity index (χ0n) is 51.5. The molecule has 39 heteroatoms. The van der Waals surface area contributed by atoms with Crippen molar-refractivity contribution in [1.29, 1.82) is 0 Å². The molecule has 39 nitrogen and oxygen atoms in total. The Morgan fingerprint density at radius 2 is 1.26 bits per heavy atom. The highest BCUT2D eigenvalue weighted by Crippen LogP contribution is 2.40. The van der Waals surface area contributed by atoms with Crippen LogP contribution in [0.5, 0.6) is 5.75 Å². The van der Waals surface area contributed by atoms with E-state index in [2.05, 4.69) is 63.5 Å². The van der Waals surface area contributed by atoms with Crippen LogP contribution >= 0.6 is 0 Å². The lowest BCUT2D eigenvalue weighted by Crippen LogP contribution is -2.62. The number of pyridine rings is 1. The number of rotatable bonds is 32. The van der Waals surface area contributed by atoms with Crippen LogP contribution in [0.1, 0.15) is 96.9 Å². The van der Waals surface area contributed by atoms with Crippen molar-refractivity contribution in [1.82, 2.24) is 62.5 Å². The van der Waals surface area contributed by atoms with Crippen molar-refractivity contribution in [3.8, 4) is 17.0 Å². The van der Waals surface area contributed by atoms with Crippen LogP contribution in [0.25, 0.3) is 11.3 Å². The summed E-state index contributed by atoms with van der Waals surface area (Å²) in [7, 11) is 0. The van der Waals surface area contributed by atoms with Gasteiger partial charge in [0.15, 0.2) is 11.7 Å². The van der Waals surface area contributed by atoms with Gasteiger partial charge in [-0.1, -0.05) is 0 Å². The van der Waals surface area contributed by atoms with Gasteiger partial charge in [-0.05, 0) is 90.2 Å². The predicted octanol–water partition coefficient (Wildman–Crippen LogP) is -8.55. The Labute approximate surface area is 536 Å². The smallest absolute Gasteiger partial charge is 0.245 e. The number of hydrogen-bond donors (Lipinski definition) is 21. The van der Waals surface area contributed by atoms with Crippen LogP contribution in [0, 0.1) is 0 Å².